The Bertz CT molecular complexity index is 404. The predicted molar refractivity (Wildman–Crippen MR) is 66.3 cm³/mol. The van der Waals surface area contributed by atoms with E-state index in [1.54, 1.807) is 0 Å². The molecular formula is C14H18N2O. The first kappa shape index (κ1) is 10.8. The summed E-state index contributed by atoms with van der Waals surface area (Å²) in [6.07, 6.45) is 1.08. The van der Waals surface area contributed by atoms with Crippen LogP contribution >= 0.6 is 0 Å². The normalized spacial score (nSPS) is 28.8. The summed E-state index contributed by atoms with van der Waals surface area (Å²) in [6, 6.07) is 10.5. The van der Waals surface area contributed by atoms with Crippen LogP contribution in [0.2, 0.25) is 0 Å². The molecule has 0 radical (unpaired) electrons. The van der Waals surface area contributed by atoms with Crippen LogP contribution in [-0.2, 0) is 11.3 Å². The van der Waals surface area contributed by atoms with E-state index >= 15 is 0 Å². The van der Waals surface area contributed by atoms with Gasteiger partial charge in [0, 0.05) is 26.2 Å². The summed E-state index contributed by atoms with van der Waals surface area (Å²) in [4.78, 5) is 14.1. The lowest BCUT2D eigenvalue weighted by Gasteiger charge is -2.40. The molecule has 2 heterocycles. The van der Waals surface area contributed by atoms with Crippen molar-refractivity contribution < 1.29 is 4.79 Å². The van der Waals surface area contributed by atoms with Crippen molar-refractivity contribution in [2.45, 2.75) is 13.0 Å². The second-order valence-electron chi connectivity index (χ2n) is 5.22. The number of carbonyl (C=O) groups excluding carboxylic acids is 1. The van der Waals surface area contributed by atoms with Gasteiger partial charge in [-0.15, -0.1) is 0 Å². The number of hydrogen-bond acceptors (Lipinski definition) is 2. The lowest BCUT2D eigenvalue weighted by molar-refractivity contribution is -0.130. The first-order chi connectivity index (χ1) is 8.31. The quantitative estimate of drug-likeness (QED) is 0.829. The zero-order valence-corrected chi connectivity index (χ0v) is 9.93. The van der Waals surface area contributed by atoms with E-state index < -0.39 is 0 Å². The molecule has 3 rings (SSSR count). The first-order valence-electron chi connectivity index (χ1n) is 6.35. The fourth-order valence-electron chi connectivity index (χ4n) is 3.00. The largest absolute Gasteiger partial charge is 0.355 e. The third kappa shape index (κ3) is 2.34. The summed E-state index contributed by atoms with van der Waals surface area (Å²) >= 11 is 0. The Hall–Kier alpha value is -1.35. The molecule has 1 amide bonds. The Morgan fingerprint density at radius 3 is 2.88 bits per heavy atom. The number of hydrogen-bond donors (Lipinski definition) is 1. The predicted octanol–water partition coefficient (Wildman–Crippen LogP) is 1.25. The molecule has 90 valence electrons. The van der Waals surface area contributed by atoms with Crippen molar-refractivity contribution in [3.8, 4) is 0 Å². The number of fused-ring (bicyclic) bond motifs is 2. The Morgan fingerprint density at radius 1 is 1.24 bits per heavy atom. The van der Waals surface area contributed by atoms with Crippen molar-refractivity contribution in [1.82, 2.24) is 10.2 Å². The van der Waals surface area contributed by atoms with Crippen LogP contribution in [0.15, 0.2) is 30.3 Å². The van der Waals surface area contributed by atoms with Crippen LogP contribution < -0.4 is 5.32 Å². The Kier molecular flexibility index (Phi) is 2.85. The SMILES string of the molecule is O=C1NCC2CC1CN(Cc1ccccc1)C2. The lowest BCUT2D eigenvalue weighted by atomic mass is 9.85. The molecule has 1 aromatic carbocycles. The summed E-state index contributed by atoms with van der Waals surface area (Å²) < 4.78 is 0. The molecular weight excluding hydrogens is 212 g/mol. The van der Waals surface area contributed by atoms with Crippen molar-refractivity contribution in [3.63, 3.8) is 0 Å². The molecule has 2 saturated heterocycles. The number of likely N-dealkylation sites (tertiary alicyclic amines) is 1. The van der Waals surface area contributed by atoms with Crippen LogP contribution in [0.25, 0.3) is 0 Å². The minimum atomic E-state index is 0.214. The molecule has 2 fully saturated rings. The first-order valence-corrected chi connectivity index (χ1v) is 6.35. The summed E-state index contributed by atoms with van der Waals surface area (Å²) in [5.41, 5.74) is 1.34. The summed E-state index contributed by atoms with van der Waals surface area (Å²) in [6.45, 7) is 3.87. The third-order valence-electron chi connectivity index (χ3n) is 3.80. The minimum absolute atomic E-state index is 0.214. The van der Waals surface area contributed by atoms with E-state index in [2.05, 4.69) is 34.5 Å². The molecule has 17 heavy (non-hydrogen) atoms. The lowest BCUT2D eigenvalue weighted by Crippen LogP contribution is -2.53. The zero-order valence-electron chi connectivity index (χ0n) is 9.93. The second-order valence-corrected chi connectivity index (χ2v) is 5.22. The van der Waals surface area contributed by atoms with E-state index in [1.165, 1.54) is 5.56 Å². The van der Waals surface area contributed by atoms with E-state index in [1.807, 2.05) is 6.07 Å². The summed E-state index contributed by atoms with van der Waals surface area (Å²) in [5.74, 6) is 1.11. The van der Waals surface area contributed by atoms with E-state index in [0.29, 0.717) is 5.92 Å². The molecule has 2 aliphatic heterocycles. The average Bonchev–Trinajstić information content (AvgIpc) is 2.36. The number of rotatable bonds is 2. The molecule has 1 N–H and O–H groups in total. The van der Waals surface area contributed by atoms with Gasteiger partial charge in [-0.1, -0.05) is 30.3 Å². The highest BCUT2D eigenvalue weighted by molar-refractivity contribution is 5.79. The molecule has 1 aromatic rings. The van der Waals surface area contributed by atoms with Crippen LogP contribution in [-0.4, -0.2) is 30.4 Å². The van der Waals surface area contributed by atoms with Gasteiger partial charge in [-0.25, -0.2) is 0 Å². The Labute approximate surface area is 102 Å². The third-order valence-corrected chi connectivity index (χ3v) is 3.80. The summed E-state index contributed by atoms with van der Waals surface area (Å²) in [7, 11) is 0. The number of nitrogens with one attached hydrogen (secondary N) is 1. The molecule has 0 aliphatic carbocycles. The monoisotopic (exact) mass is 230 g/mol. The minimum Gasteiger partial charge on any atom is -0.355 e. The van der Waals surface area contributed by atoms with E-state index in [4.69, 9.17) is 0 Å². The van der Waals surface area contributed by atoms with Gasteiger partial charge in [0.2, 0.25) is 5.91 Å². The number of benzene rings is 1. The van der Waals surface area contributed by atoms with Crippen molar-refractivity contribution in [3.05, 3.63) is 35.9 Å². The Balaban J connectivity index is 1.67. The maximum Gasteiger partial charge on any atom is 0.224 e. The van der Waals surface area contributed by atoms with Gasteiger partial charge in [0.25, 0.3) is 0 Å². The highest BCUT2D eigenvalue weighted by Gasteiger charge is 2.35. The maximum atomic E-state index is 11.7. The highest BCUT2D eigenvalue weighted by Crippen LogP contribution is 2.26. The fourth-order valence-corrected chi connectivity index (χ4v) is 3.00. The van der Waals surface area contributed by atoms with Gasteiger partial charge < -0.3 is 5.32 Å². The van der Waals surface area contributed by atoms with Crippen LogP contribution in [0.1, 0.15) is 12.0 Å². The zero-order chi connectivity index (χ0) is 11.7. The molecule has 0 spiro atoms. The standard InChI is InChI=1S/C14H18N2O/c17-14-13-6-12(7-15-14)9-16(10-13)8-11-4-2-1-3-5-11/h1-5,12-13H,6-10H2,(H,15,17). The van der Waals surface area contributed by atoms with E-state index in [-0.39, 0.29) is 11.8 Å². The molecule has 0 saturated carbocycles. The number of piperidine rings is 2. The second kappa shape index (κ2) is 4.49. The van der Waals surface area contributed by atoms with Gasteiger partial charge in [0.05, 0.1) is 5.92 Å². The van der Waals surface area contributed by atoms with Gasteiger partial charge in [-0.05, 0) is 17.9 Å². The van der Waals surface area contributed by atoms with Crippen LogP contribution in [0.4, 0.5) is 0 Å². The van der Waals surface area contributed by atoms with Gasteiger partial charge in [-0.3, -0.25) is 9.69 Å². The van der Waals surface area contributed by atoms with Gasteiger partial charge in [-0.2, -0.15) is 0 Å². The molecule has 2 unspecified atom stereocenters. The van der Waals surface area contributed by atoms with Crippen molar-refractivity contribution in [2.75, 3.05) is 19.6 Å². The topological polar surface area (TPSA) is 32.3 Å². The average molecular weight is 230 g/mol. The highest BCUT2D eigenvalue weighted by atomic mass is 16.2. The fraction of sp³-hybridized carbons (Fsp3) is 0.500. The van der Waals surface area contributed by atoms with Crippen LogP contribution in [0, 0.1) is 11.8 Å². The number of amides is 1. The van der Waals surface area contributed by atoms with Crippen molar-refractivity contribution in [1.29, 1.82) is 0 Å². The molecule has 2 atom stereocenters. The van der Waals surface area contributed by atoms with Crippen molar-refractivity contribution in [2.24, 2.45) is 11.8 Å². The van der Waals surface area contributed by atoms with Crippen LogP contribution in [0.3, 0.4) is 0 Å². The molecule has 3 nitrogen and oxygen atoms in total. The number of nitrogens with zero attached hydrogens (tertiary/aromatic N) is 1. The number of carbonyl (C=O) groups is 1. The van der Waals surface area contributed by atoms with Gasteiger partial charge >= 0.3 is 0 Å². The molecule has 2 bridgehead atoms. The van der Waals surface area contributed by atoms with Crippen LogP contribution in [0.5, 0.6) is 0 Å². The smallest absolute Gasteiger partial charge is 0.224 e. The molecule has 0 aromatic heterocycles. The van der Waals surface area contributed by atoms with E-state index in [9.17, 15) is 4.79 Å². The molecule has 2 aliphatic rings. The van der Waals surface area contributed by atoms with Gasteiger partial charge in [0.1, 0.15) is 0 Å². The van der Waals surface area contributed by atoms with Gasteiger partial charge in [0.15, 0.2) is 0 Å². The molecule has 3 heteroatoms. The summed E-state index contributed by atoms with van der Waals surface area (Å²) in [5, 5.41) is 3.00. The Morgan fingerprint density at radius 2 is 2.06 bits per heavy atom. The maximum absolute atomic E-state index is 11.7. The van der Waals surface area contributed by atoms with E-state index in [0.717, 1.165) is 32.6 Å². The van der Waals surface area contributed by atoms with Crippen molar-refractivity contribution >= 4 is 5.91 Å².